The van der Waals surface area contributed by atoms with Crippen LogP contribution in [0.25, 0.3) is 0 Å². The van der Waals surface area contributed by atoms with E-state index in [1.807, 2.05) is 0 Å². The number of carbonyl (C=O) groups is 2. The summed E-state index contributed by atoms with van der Waals surface area (Å²) in [5.74, 6) is -0.617. The molecule has 0 spiro atoms. The van der Waals surface area contributed by atoms with E-state index in [4.69, 9.17) is 4.74 Å². The van der Waals surface area contributed by atoms with Crippen LogP contribution in [0.3, 0.4) is 0 Å². The van der Waals surface area contributed by atoms with Crippen LogP contribution in [-0.2, 0) is 24.6 Å². The number of nitrogens with one attached hydrogen (secondary N) is 1. The van der Waals surface area contributed by atoms with Gasteiger partial charge < -0.3 is 10.1 Å². The molecular formula is C17H21N3O3S. The van der Waals surface area contributed by atoms with Crippen molar-refractivity contribution in [2.75, 3.05) is 11.9 Å². The molecule has 0 saturated carbocycles. The molecule has 0 aromatic carbocycles. The lowest BCUT2D eigenvalue weighted by Gasteiger charge is -2.08. The Bertz CT molecular complexity index is 763. The van der Waals surface area contributed by atoms with Crippen LogP contribution in [0.4, 0.5) is 5.00 Å². The number of aryl methyl sites for hydroxylation is 2. The number of esters is 1. The van der Waals surface area contributed by atoms with E-state index < -0.39 is 0 Å². The van der Waals surface area contributed by atoms with E-state index in [2.05, 4.69) is 10.4 Å². The predicted octanol–water partition coefficient (Wildman–Crippen LogP) is 3.18. The number of hydrogen-bond acceptors (Lipinski definition) is 5. The Labute approximate surface area is 144 Å². The molecule has 1 aliphatic rings. The smallest absolute Gasteiger partial charge is 0.341 e. The van der Waals surface area contributed by atoms with Crippen molar-refractivity contribution in [3.63, 3.8) is 0 Å². The van der Waals surface area contributed by atoms with Crippen molar-refractivity contribution < 1.29 is 14.3 Å². The Balaban J connectivity index is 1.96. The molecule has 3 rings (SSSR count). The fraction of sp³-hybridized carbons (Fsp3) is 0.471. The molecule has 7 heteroatoms. The van der Waals surface area contributed by atoms with Crippen molar-refractivity contribution in [1.29, 1.82) is 0 Å². The van der Waals surface area contributed by atoms with Crippen LogP contribution in [0.2, 0.25) is 0 Å². The van der Waals surface area contributed by atoms with Crippen LogP contribution in [0.5, 0.6) is 0 Å². The Morgan fingerprint density at radius 2 is 2.12 bits per heavy atom. The van der Waals surface area contributed by atoms with Crippen molar-refractivity contribution in [3.8, 4) is 0 Å². The van der Waals surface area contributed by atoms with E-state index in [1.54, 1.807) is 26.2 Å². The van der Waals surface area contributed by atoms with E-state index >= 15 is 0 Å². The minimum atomic E-state index is -0.350. The summed E-state index contributed by atoms with van der Waals surface area (Å²) in [4.78, 5) is 26.1. The number of ether oxygens (including phenoxy) is 1. The van der Waals surface area contributed by atoms with Crippen molar-refractivity contribution in [3.05, 3.63) is 34.0 Å². The third kappa shape index (κ3) is 3.21. The first-order chi connectivity index (χ1) is 11.6. The molecule has 2 aromatic heterocycles. The third-order valence-electron chi connectivity index (χ3n) is 4.18. The summed E-state index contributed by atoms with van der Waals surface area (Å²) >= 11 is 1.50. The minimum absolute atomic E-state index is 0.267. The Morgan fingerprint density at radius 1 is 1.33 bits per heavy atom. The van der Waals surface area contributed by atoms with Gasteiger partial charge in [0.1, 0.15) is 10.7 Å². The lowest BCUT2D eigenvalue weighted by molar-refractivity contribution is 0.0527. The third-order valence-corrected chi connectivity index (χ3v) is 5.39. The molecule has 0 fully saturated rings. The zero-order chi connectivity index (χ0) is 17.1. The molecule has 24 heavy (non-hydrogen) atoms. The van der Waals surface area contributed by atoms with Gasteiger partial charge >= 0.3 is 5.97 Å². The molecule has 6 nitrogen and oxygen atoms in total. The van der Waals surface area contributed by atoms with Crippen LogP contribution >= 0.6 is 11.3 Å². The second kappa shape index (κ2) is 7.17. The molecule has 0 aliphatic heterocycles. The summed E-state index contributed by atoms with van der Waals surface area (Å²) in [6.07, 6.45) is 6.73. The number of anilines is 1. The minimum Gasteiger partial charge on any atom is -0.462 e. The molecule has 2 aromatic rings. The van der Waals surface area contributed by atoms with E-state index in [-0.39, 0.29) is 11.9 Å². The molecular weight excluding hydrogens is 326 g/mol. The first-order valence-electron chi connectivity index (χ1n) is 8.22. The van der Waals surface area contributed by atoms with Crippen LogP contribution in [0.1, 0.15) is 57.5 Å². The highest BCUT2D eigenvalue weighted by Crippen LogP contribution is 2.38. The Morgan fingerprint density at radius 3 is 2.83 bits per heavy atom. The van der Waals surface area contributed by atoms with Gasteiger partial charge in [0.05, 0.1) is 12.2 Å². The molecule has 1 N–H and O–H groups in total. The number of fused-ring (bicyclic) bond motifs is 1. The number of aromatic nitrogens is 2. The summed E-state index contributed by atoms with van der Waals surface area (Å²) in [6.45, 7) is 2.11. The zero-order valence-electron chi connectivity index (χ0n) is 13.9. The van der Waals surface area contributed by atoms with Crippen LogP contribution < -0.4 is 5.32 Å². The number of rotatable bonds is 4. The standard InChI is InChI=1S/C17H21N3O3S/c1-3-23-17(22)14-11-7-5-4-6-8-13(11)24-16(14)19-15(21)12-9-10-18-20(12)2/h9-10H,3-8H2,1-2H3,(H,19,21). The Hall–Kier alpha value is -2.15. The van der Waals surface area contributed by atoms with Crippen molar-refractivity contribution >= 4 is 28.2 Å². The van der Waals surface area contributed by atoms with Crippen LogP contribution in [0, 0.1) is 0 Å². The molecule has 0 unspecified atom stereocenters. The summed E-state index contributed by atoms with van der Waals surface area (Å²) < 4.78 is 6.74. The van der Waals surface area contributed by atoms with E-state index in [1.165, 1.54) is 27.3 Å². The number of amides is 1. The average Bonchev–Trinajstić information content (AvgIpc) is 3.04. The molecule has 0 radical (unpaired) electrons. The topological polar surface area (TPSA) is 73.2 Å². The van der Waals surface area contributed by atoms with Crippen molar-refractivity contribution in [2.24, 2.45) is 7.05 Å². The van der Waals surface area contributed by atoms with E-state index in [9.17, 15) is 9.59 Å². The van der Waals surface area contributed by atoms with Gasteiger partial charge in [-0.2, -0.15) is 5.10 Å². The van der Waals surface area contributed by atoms with E-state index in [0.29, 0.717) is 22.9 Å². The highest BCUT2D eigenvalue weighted by Gasteiger charge is 2.27. The average molecular weight is 347 g/mol. The van der Waals surface area contributed by atoms with E-state index in [0.717, 1.165) is 31.2 Å². The summed E-state index contributed by atoms with van der Waals surface area (Å²) in [6, 6.07) is 1.65. The second-order valence-electron chi connectivity index (χ2n) is 5.78. The fourth-order valence-electron chi connectivity index (χ4n) is 3.01. The first-order valence-corrected chi connectivity index (χ1v) is 9.04. The number of thiophene rings is 1. The van der Waals surface area contributed by atoms with Gasteiger partial charge in [-0.1, -0.05) is 6.42 Å². The summed E-state index contributed by atoms with van der Waals surface area (Å²) in [5.41, 5.74) is 2.04. The van der Waals surface area contributed by atoms with Crippen LogP contribution in [-0.4, -0.2) is 28.3 Å². The van der Waals surface area contributed by atoms with Crippen LogP contribution in [0.15, 0.2) is 12.3 Å². The maximum absolute atomic E-state index is 12.5. The Kier molecular flexibility index (Phi) is 4.99. The van der Waals surface area contributed by atoms with Gasteiger partial charge in [-0.05, 0) is 44.2 Å². The maximum atomic E-state index is 12.5. The van der Waals surface area contributed by atoms with Gasteiger partial charge in [-0.15, -0.1) is 11.3 Å². The summed E-state index contributed by atoms with van der Waals surface area (Å²) in [5, 5.41) is 7.49. The molecule has 0 atom stereocenters. The monoisotopic (exact) mass is 347 g/mol. The molecule has 1 amide bonds. The number of hydrogen-bond donors (Lipinski definition) is 1. The highest BCUT2D eigenvalue weighted by atomic mass is 32.1. The van der Waals surface area contributed by atoms with Gasteiger partial charge in [-0.25, -0.2) is 4.79 Å². The molecule has 128 valence electrons. The molecule has 1 aliphatic carbocycles. The zero-order valence-corrected chi connectivity index (χ0v) is 14.7. The second-order valence-corrected chi connectivity index (χ2v) is 6.89. The molecule has 0 saturated heterocycles. The number of carbonyl (C=O) groups excluding carboxylic acids is 2. The van der Waals surface area contributed by atoms with Gasteiger partial charge in [0.2, 0.25) is 0 Å². The fourth-order valence-corrected chi connectivity index (χ4v) is 4.29. The van der Waals surface area contributed by atoms with Gasteiger partial charge in [0, 0.05) is 18.1 Å². The molecule has 2 heterocycles. The largest absolute Gasteiger partial charge is 0.462 e. The first kappa shape index (κ1) is 16.7. The van der Waals surface area contributed by atoms with Gasteiger partial charge in [-0.3, -0.25) is 9.48 Å². The normalized spacial score (nSPS) is 13.9. The van der Waals surface area contributed by atoms with Crippen molar-refractivity contribution in [2.45, 2.75) is 39.0 Å². The predicted molar refractivity (Wildman–Crippen MR) is 92.7 cm³/mol. The van der Waals surface area contributed by atoms with Gasteiger partial charge in [0.15, 0.2) is 0 Å². The lowest BCUT2D eigenvalue weighted by atomic mass is 10.1. The number of nitrogens with zero attached hydrogens (tertiary/aromatic N) is 2. The van der Waals surface area contributed by atoms with Gasteiger partial charge in [0.25, 0.3) is 5.91 Å². The van der Waals surface area contributed by atoms with Crippen molar-refractivity contribution in [1.82, 2.24) is 9.78 Å². The lowest BCUT2D eigenvalue weighted by Crippen LogP contribution is -2.18. The SMILES string of the molecule is CCOC(=O)c1c(NC(=O)c2ccnn2C)sc2c1CCCCC2. The maximum Gasteiger partial charge on any atom is 0.341 e. The quantitative estimate of drug-likeness (QED) is 0.681. The summed E-state index contributed by atoms with van der Waals surface area (Å²) in [7, 11) is 1.71. The molecule has 0 bridgehead atoms. The highest BCUT2D eigenvalue weighted by molar-refractivity contribution is 7.17.